The van der Waals surface area contributed by atoms with Gasteiger partial charge in [0.1, 0.15) is 6.10 Å². The first-order valence-electron chi connectivity index (χ1n) is 10.7. The van der Waals surface area contributed by atoms with E-state index in [4.69, 9.17) is 18.9 Å². The molecule has 1 atom stereocenters. The number of aryl methyl sites for hydroxylation is 1. The standard InChI is InChI=1S/C26H25NO6S/c1-30-21-12-15-7-9-20(33-26(29)16-6-5-11-27-14-16)18-13-19(28)22(34-4)10-8-17(18)23(15)25(32-3)24(21)31-2/h5-6,8,10-14,20H,7,9H2,1-4H3/t20-/m0/s1. The number of thioether (sulfide) groups is 1. The second-order valence-corrected chi connectivity index (χ2v) is 8.48. The van der Waals surface area contributed by atoms with Gasteiger partial charge in [-0.15, -0.1) is 11.8 Å². The van der Waals surface area contributed by atoms with E-state index in [2.05, 4.69) is 4.98 Å². The van der Waals surface area contributed by atoms with Crippen LogP contribution in [0, 0.1) is 0 Å². The maximum Gasteiger partial charge on any atom is 0.340 e. The van der Waals surface area contributed by atoms with Gasteiger partial charge in [0.05, 0.1) is 31.8 Å². The van der Waals surface area contributed by atoms with Crippen LogP contribution >= 0.6 is 11.8 Å². The molecule has 1 heterocycles. The lowest BCUT2D eigenvalue weighted by molar-refractivity contribution is 0.0280. The molecule has 34 heavy (non-hydrogen) atoms. The van der Waals surface area contributed by atoms with E-state index >= 15 is 0 Å². The Balaban J connectivity index is 1.95. The van der Waals surface area contributed by atoms with Crippen molar-refractivity contribution in [1.29, 1.82) is 0 Å². The van der Waals surface area contributed by atoms with Gasteiger partial charge in [-0.1, -0.05) is 6.07 Å². The van der Waals surface area contributed by atoms with Crippen molar-refractivity contribution >= 4 is 17.7 Å². The maximum atomic E-state index is 13.0. The Morgan fingerprint density at radius 2 is 1.85 bits per heavy atom. The summed E-state index contributed by atoms with van der Waals surface area (Å²) in [6.45, 7) is 0. The Hall–Kier alpha value is -3.52. The predicted molar refractivity (Wildman–Crippen MR) is 130 cm³/mol. The predicted octanol–water partition coefficient (Wildman–Crippen LogP) is 4.70. The molecule has 0 unspecified atom stereocenters. The molecule has 1 aromatic heterocycles. The molecule has 0 saturated heterocycles. The third-order valence-corrected chi connectivity index (χ3v) is 6.59. The van der Waals surface area contributed by atoms with Gasteiger partial charge < -0.3 is 18.9 Å². The summed E-state index contributed by atoms with van der Waals surface area (Å²) >= 11 is 1.37. The van der Waals surface area contributed by atoms with Gasteiger partial charge in [-0.2, -0.15) is 0 Å². The minimum atomic E-state index is -0.647. The van der Waals surface area contributed by atoms with E-state index in [0.29, 0.717) is 46.1 Å². The zero-order valence-corrected chi connectivity index (χ0v) is 20.2. The first kappa shape index (κ1) is 23.6. The number of hydrogen-bond acceptors (Lipinski definition) is 8. The first-order valence-corrected chi connectivity index (χ1v) is 11.9. The lowest BCUT2D eigenvalue weighted by Crippen LogP contribution is -2.13. The van der Waals surface area contributed by atoms with Crippen molar-refractivity contribution in [3.63, 3.8) is 0 Å². The van der Waals surface area contributed by atoms with Crippen LogP contribution in [-0.4, -0.2) is 38.5 Å². The highest BCUT2D eigenvalue weighted by atomic mass is 32.2. The molecule has 1 aliphatic rings. The minimum Gasteiger partial charge on any atom is -0.493 e. The third-order valence-electron chi connectivity index (χ3n) is 5.81. The normalized spacial score (nSPS) is 14.3. The van der Waals surface area contributed by atoms with Crippen LogP contribution in [0.3, 0.4) is 0 Å². The summed E-state index contributed by atoms with van der Waals surface area (Å²) in [6, 6.07) is 10.5. The van der Waals surface area contributed by atoms with Gasteiger partial charge in [0.2, 0.25) is 5.75 Å². The summed E-state index contributed by atoms with van der Waals surface area (Å²) in [5, 5.41) is 0. The lowest BCUT2D eigenvalue weighted by atomic mass is 9.96. The Labute approximate surface area is 202 Å². The maximum absolute atomic E-state index is 13.0. The number of aromatic nitrogens is 1. The first-order chi connectivity index (χ1) is 16.5. The Morgan fingerprint density at radius 1 is 1.06 bits per heavy atom. The van der Waals surface area contributed by atoms with Crippen molar-refractivity contribution in [3.8, 4) is 28.4 Å². The molecular formula is C26H25NO6S. The van der Waals surface area contributed by atoms with Crippen molar-refractivity contribution in [2.24, 2.45) is 0 Å². The van der Waals surface area contributed by atoms with Crippen LogP contribution in [0.5, 0.6) is 17.2 Å². The monoisotopic (exact) mass is 479 g/mol. The second-order valence-electron chi connectivity index (χ2n) is 7.63. The number of nitrogens with zero attached hydrogens (tertiary/aromatic N) is 1. The number of benzene rings is 1. The fourth-order valence-electron chi connectivity index (χ4n) is 4.23. The number of rotatable bonds is 6. The lowest BCUT2D eigenvalue weighted by Gasteiger charge is -2.19. The summed E-state index contributed by atoms with van der Waals surface area (Å²) in [5.41, 5.74) is 3.30. The summed E-state index contributed by atoms with van der Waals surface area (Å²) < 4.78 is 22.9. The highest BCUT2D eigenvalue weighted by Gasteiger charge is 2.31. The summed E-state index contributed by atoms with van der Waals surface area (Å²) in [4.78, 5) is 30.5. The molecule has 0 saturated carbocycles. The molecule has 4 rings (SSSR count). The molecule has 7 nitrogen and oxygen atoms in total. The Kier molecular flexibility index (Phi) is 7.07. The highest BCUT2D eigenvalue weighted by molar-refractivity contribution is 7.98. The number of methoxy groups -OCH3 is 3. The fraction of sp³-hybridized carbons (Fsp3) is 0.269. The van der Waals surface area contributed by atoms with E-state index in [1.807, 2.05) is 18.4 Å². The van der Waals surface area contributed by atoms with Crippen LogP contribution in [-0.2, 0) is 11.2 Å². The summed E-state index contributed by atoms with van der Waals surface area (Å²) in [6.07, 6.45) is 5.30. The summed E-state index contributed by atoms with van der Waals surface area (Å²) in [7, 11) is 4.69. The molecule has 2 aromatic carbocycles. The average Bonchev–Trinajstić information content (AvgIpc) is 3.11. The second kappa shape index (κ2) is 10.2. The average molecular weight is 480 g/mol. The van der Waals surface area contributed by atoms with Gasteiger partial charge >= 0.3 is 5.97 Å². The molecule has 0 fully saturated rings. The number of hydrogen-bond donors (Lipinski definition) is 0. The number of carbonyl (C=O) groups is 1. The summed E-state index contributed by atoms with van der Waals surface area (Å²) in [5.74, 6) is 1.00. The van der Waals surface area contributed by atoms with Crippen LogP contribution in [0.1, 0.15) is 34.0 Å². The van der Waals surface area contributed by atoms with Crippen molar-refractivity contribution in [2.75, 3.05) is 27.6 Å². The van der Waals surface area contributed by atoms with Gasteiger partial charge in [-0.3, -0.25) is 9.78 Å². The molecule has 0 amide bonds. The smallest absolute Gasteiger partial charge is 0.340 e. The van der Waals surface area contributed by atoms with Crippen LogP contribution in [0.4, 0.5) is 0 Å². The number of pyridine rings is 1. The minimum absolute atomic E-state index is 0.140. The van der Waals surface area contributed by atoms with Crippen molar-refractivity contribution in [2.45, 2.75) is 23.8 Å². The van der Waals surface area contributed by atoms with Gasteiger partial charge in [-0.25, -0.2) is 4.79 Å². The highest BCUT2D eigenvalue weighted by Crippen LogP contribution is 2.50. The van der Waals surface area contributed by atoms with E-state index in [-0.39, 0.29) is 5.43 Å². The topological polar surface area (TPSA) is 84.0 Å². The Bertz CT molecular complexity index is 1280. The van der Waals surface area contributed by atoms with Crippen molar-refractivity contribution in [3.05, 3.63) is 75.7 Å². The molecule has 1 aliphatic carbocycles. The zero-order chi connectivity index (χ0) is 24.2. The fourth-order valence-corrected chi connectivity index (χ4v) is 4.70. The SMILES string of the molecule is COc1cc2c(c(OC)c1OC)-c1ccc(SC)c(=O)cc1[C@@H](OC(=O)c1cccnc1)CC2. The molecule has 176 valence electrons. The van der Waals surface area contributed by atoms with Gasteiger partial charge in [-0.05, 0) is 60.6 Å². The van der Waals surface area contributed by atoms with E-state index < -0.39 is 12.1 Å². The number of esters is 1. The van der Waals surface area contributed by atoms with Crippen molar-refractivity contribution in [1.82, 2.24) is 4.98 Å². The van der Waals surface area contributed by atoms with Crippen LogP contribution in [0.2, 0.25) is 0 Å². The van der Waals surface area contributed by atoms with Crippen molar-refractivity contribution < 1.29 is 23.7 Å². The van der Waals surface area contributed by atoms with Gasteiger partial charge in [0.15, 0.2) is 16.9 Å². The molecule has 0 spiro atoms. The molecule has 3 aromatic rings. The van der Waals surface area contributed by atoms with Crippen LogP contribution in [0.25, 0.3) is 11.1 Å². The molecule has 0 aliphatic heterocycles. The van der Waals surface area contributed by atoms with Crippen LogP contribution < -0.4 is 19.6 Å². The Morgan fingerprint density at radius 3 is 2.50 bits per heavy atom. The number of fused-ring (bicyclic) bond motifs is 3. The van der Waals surface area contributed by atoms with Gasteiger partial charge in [0.25, 0.3) is 0 Å². The van der Waals surface area contributed by atoms with Gasteiger partial charge in [0, 0.05) is 23.5 Å². The molecule has 0 N–H and O–H groups in total. The van der Waals surface area contributed by atoms with E-state index in [1.165, 1.54) is 18.0 Å². The molecule has 0 radical (unpaired) electrons. The quantitative estimate of drug-likeness (QED) is 0.372. The molecule has 0 bridgehead atoms. The van der Waals surface area contributed by atoms with E-state index in [9.17, 15) is 9.59 Å². The van der Waals surface area contributed by atoms with Crippen LogP contribution in [0.15, 0.2) is 58.5 Å². The molecular weight excluding hydrogens is 454 g/mol. The number of carbonyl (C=O) groups excluding carboxylic acids is 1. The third kappa shape index (κ3) is 4.33. The number of ether oxygens (including phenoxy) is 4. The largest absolute Gasteiger partial charge is 0.493 e. The molecule has 8 heteroatoms. The zero-order valence-electron chi connectivity index (χ0n) is 19.4. The van der Waals surface area contributed by atoms with E-state index in [0.717, 1.165) is 16.7 Å². The van der Waals surface area contributed by atoms with E-state index in [1.54, 1.807) is 51.8 Å².